The molecule has 2 aromatic rings. The molecule has 0 unspecified atom stereocenters. The van der Waals surface area contributed by atoms with Crippen molar-refractivity contribution in [3.8, 4) is 17.2 Å². The second-order valence-corrected chi connectivity index (χ2v) is 6.13. The van der Waals surface area contributed by atoms with Gasteiger partial charge in [0, 0.05) is 10.9 Å². The van der Waals surface area contributed by atoms with Crippen LogP contribution in [0.2, 0.25) is 0 Å². The molecule has 0 N–H and O–H groups in total. The van der Waals surface area contributed by atoms with Crippen molar-refractivity contribution in [3.05, 3.63) is 54.1 Å². The van der Waals surface area contributed by atoms with Crippen LogP contribution in [-0.2, 0) is 10.9 Å². The van der Waals surface area contributed by atoms with Gasteiger partial charge < -0.3 is 0 Å². The first kappa shape index (κ1) is 11.8. The largest absolute Gasteiger partial charge is 0.192 e. The summed E-state index contributed by atoms with van der Waals surface area (Å²) in [6.45, 7) is 0. The molecule has 0 heterocycles. The quantitative estimate of drug-likeness (QED) is 0.737. The molecule has 0 radical (unpaired) electrons. The summed E-state index contributed by atoms with van der Waals surface area (Å²) in [4.78, 5) is 1.38. The first-order valence-corrected chi connectivity index (χ1v) is 7.43. The number of nitriles is 1. The molecule has 0 aliphatic carbocycles. The summed E-state index contributed by atoms with van der Waals surface area (Å²) in [5, 5.41) is 8.75. The Bertz CT molecular complexity index is 533. The summed E-state index contributed by atoms with van der Waals surface area (Å²) in [6.07, 6.45) is 4.44. The number of hydrogen-bond donors (Lipinski definition) is 0. The molecule has 0 fully saturated rings. The topological polar surface area (TPSA) is 23.8 Å². The van der Waals surface area contributed by atoms with E-state index in [1.165, 1.54) is 10.5 Å². The van der Waals surface area contributed by atoms with Crippen molar-refractivity contribution < 1.29 is 0 Å². The second kappa shape index (κ2) is 5.07. The lowest BCUT2D eigenvalue weighted by atomic mass is 10.0. The van der Waals surface area contributed by atoms with Gasteiger partial charge in [0.15, 0.2) is 4.90 Å². The van der Waals surface area contributed by atoms with Crippen LogP contribution in [0.3, 0.4) is 0 Å². The first-order valence-electron chi connectivity index (χ1n) is 5.39. The van der Waals surface area contributed by atoms with E-state index in [-0.39, 0.29) is 0 Å². The highest BCUT2D eigenvalue weighted by atomic mass is 32.2. The van der Waals surface area contributed by atoms with Crippen LogP contribution in [0.25, 0.3) is 11.1 Å². The van der Waals surface area contributed by atoms with Crippen LogP contribution >= 0.6 is 0 Å². The van der Waals surface area contributed by atoms with Crippen LogP contribution in [0.5, 0.6) is 0 Å². The standard InChI is InChI=1S/C15H14NS/c1-17(2)15-9-7-14(8-10-15)13-5-3-12(11-16)4-6-13/h3-10H,1-2H3/q+1. The van der Waals surface area contributed by atoms with Gasteiger partial charge in [0.25, 0.3) is 0 Å². The average Bonchev–Trinajstić information content (AvgIpc) is 2.39. The Balaban J connectivity index is 2.30. The van der Waals surface area contributed by atoms with E-state index in [4.69, 9.17) is 5.26 Å². The molecule has 2 heteroatoms. The normalized spacial score (nSPS) is 10.2. The van der Waals surface area contributed by atoms with E-state index in [9.17, 15) is 0 Å². The first-order chi connectivity index (χ1) is 8.20. The molecule has 1 nitrogen and oxygen atoms in total. The molecule has 0 amide bonds. The summed E-state index contributed by atoms with van der Waals surface area (Å²) < 4.78 is 0. The molecule has 0 aliphatic rings. The third-order valence-electron chi connectivity index (χ3n) is 2.67. The van der Waals surface area contributed by atoms with Crippen LogP contribution < -0.4 is 0 Å². The highest BCUT2D eigenvalue weighted by Gasteiger charge is 2.07. The Morgan fingerprint density at radius 2 is 1.29 bits per heavy atom. The molecule has 0 saturated carbocycles. The molecule has 2 rings (SSSR count). The Morgan fingerprint density at radius 1 is 0.824 bits per heavy atom. The summed E-state index contributed by atoms with van der Waals surface area (Å²) in [5.41, 5.74) is 3.06. The lowest BCUT2D eigenvalue weighted by molar-refractivity contribution is 1.44. The molecular weight excluding hydrogens is 226 g/mol. The van der Waals surface area contributed by atoms with Crippen molar-refractivity contribution in [1.29, 1.82) is 5.26 Å². The van der Waals surface area contributed by atoms with Crippen LogP contribution in [0.1, 0.15) is 5.56 Å². The third-order valence-corrected chi connectivity index (χ3v) is 3.89. The van der Waals surface area contributed by atoms with E-state index in [2.05, 4.69) is 42.8 Å². The second-order valence-electron chi connectivity index (χ2n) is 4.03. The lowest BCUT2D eigenvalue weighted by Crippen LogP contribution is -1.94. The fourth-order valence-corrected chi connectivity index (χ4v) is 2.34. The molecular formula is C15H14NS+. The number of hydrogen-bond acceptors (Lipinski definition) is 1. The van der Waals surface area contributed by atoms with E-state index >= 15 is 0 Å². The highest BCUT2D eigenvalue weighted by molar-refractivity contribution is 7.95. The molecule has 2 aromatic carbocycles. The fraction of sp³-hybridized carbons (Fsp3) is 0.133. The molecule has 0 spiro atoms. The van der Waals surface area contributed by atoms with Crippen LogP contribution in [0, 0.1) is 11.3 Å². The van der Waals surface area contributed by atoms with Crippen LogP contribution in [-0.4, -0.2) is 12.5 Å². The van der Waals surface area contributed by atoms with Gasteiger partial charge in [-0.25, -0.2) is 0 Å². The summed E-state index contributed by atoms with van der Waals surface area (Å²) >= 11 is 0. The number of rotatable bonds is 2. The van der Waals surface area contributed by atoms with Gasteiger partial charge in [0.2, 0.25) is 0 Å². The molecule has 0 atom stereocenters. The van der Waals surface area contributed by atoms with Crippen LogP contribution in [0.4, 0.5) is 0 Å². The predicted octanol–water partition coefficient (Wildman–Crippen LogP) is 3.46. The average molecular weight is 240 g/mol. The van der Waals surface area contributed by atoms with Gasteiger partial charge in [-0.2, -0.15) is 5.26 Å². The minimum Gasteiger partial charge on any atom is -0.192 e. The van der Waals surface area contributed by atoms with Crippen molar-refractivity contribution in [2.24, 2.45) is 0 Å². The molecule has 0 bridgehead atoms. The van der Waals surface area contributed by atoms with Crippen molar-refractivity contribution >= 4 is 10.9 Å². The predicted molar refractivity (Wildman–Crippen MR) is 74.1 cm³/mol. The molecule has 0 aromatic heterocycles. The number of nitrogens with zero attached hydrogens (tertiary/aromatic N) is 1. The maximum atomic E-state index is 8.75. The summed E-state index contributed by atoms with van der Waals surface area (Å²) in [5.74, 6) is 0. The van der Waals surface area contributed by atoms with E-state index in [0.29, 0.717) is 16.5 Å². The Kier molecular flexibility index (Phi) is 3.51. The Hall–Kier alpha value is -1.72. The molecule has 84 valence electrons. The van der Waals surface area contributed by atoms with E-state index in [1.807, 2.05) is 24.3 Å². The SMILES string of the molecule is C[S+](C)c1ccc(-c2ccc(C#N)cc2)cc1. The Morgan fingerprint density at radius 3 is 1.71 bits per heavy atom. The lowest BCUT2D eigenvalue weighted by Gasteiger charge is -2.02. The minimum absolute atomic E-state index is 0.308. The minimum atomic E-state index is 0.308. The monoisotopic (exact) mass is 240 g/mol. The van der Waals surface area contributed by atoms with Gasteiger partial charge in [0.1, 0.15) is 12.5 Å². The molecule has 0 saturated heterocycles. The van der Waals surface area contributed by atoms with Crippen molar-refractivity contribution in [1.82, 2.24) is 0 Å². The van der Waals surface area contributed by atoms with Crippen LogP contribution in [0.15, 0.2) is 53.4 Å². The zero-order valence-electron chi connectivity index (χ0n) is 9.97. The van der Waals surface area contributed by atoms with Crippen molar-refractivity contribution in [2.75, 3.05) is 12.5 Å². The maximum absolute atomic E-state index is 8.75. The van der Waals surface area contributed by atoms with E-state index in [0.717, 1.165) is 5.56 Å². The van der Waals surface area contributed by atoms with Gasteiger partial charge in [-0.1, -0.05) is 12.1 Å². The molecule has 0 aliphatic heterocycles. The van der Waals surface area contributed by atoms with Gasteiger partial charge in [-0.3, -0.25) is 0 Å². The van der Waals surface area contributed by atoms with Gasteiger partial charge in [-0.15, -0.1) is 0 Å². The van der Waals surface area contributed by atoms with E-state index < -0.39 is 0 Å². The third kappa shape index (κ3) is 2.69. The summed E-state index contributed by atoms with van der Waals surface area (Å²) in [6, 6.07) is 18.5. The van der Waals surface area contributed by atoms with Gasteiger partial charge >= 0.3 is 0 Å². The maximum Gasteiger partial charge on any atom is 0.154 e. The van der Waals surface area contributed by atoms with Crippen molar-refractivity contribution in [3.63, 3.8) is 0 Å². The highest BCUT2D eigenvalue weighted by Crippen LogP contribution is 2.21. The zero-order chi connectivity index (χ0) is 12.3. The zero-order valence-corrected chi connectivity index (χ0v) is 10.8. The summed E-state index contributed by atoms with van der Waals surface area (Å²) in [7, 11) is 0.308. The van der Waals surface area contributed by atoms with Crippen molar-refractivity contribution in [2.45, 2.75) is 4.90 Å². The smallest absolute Gasteiger partial charge is 0.154 e. The fourth-order valence-electron chi connectivity index (χ4n) is 1.66. The molecule has 17 heavy (non-hydrogen) atoms. The van der Waals surface area contributed by atoms with Gasteiger partial charge in [0.05, 0.1) is 11.6 Å². The van der Waals surface area contributed by atoms with E-state index in [1.54, 1.807) is 0 Å². The number of benzene rings is 2. The Labute approximate surface area is 105 Å². The van der Waals surface area contributed by atoms with Gasteiger partial charge in [-0.05, 0) is 47.5 Å².